The molecule has 0 radical (unpaired) electrons. The highest BCUT2D eigenvalue weighted by Crippen LogP contribution is 2.37. The van der Waals surface area contributed by atoms with E-state index in [2.05, 4.69) is 23.6 Å². The summed E-state index contributed by atoms with van der Waals surface area (Å²) in [5.41, 5.74) is 4.32. The van der Waals surface area contributed by atoms with E-state index in [9.17, 15) is 14.4 Å². The quantitative estimate of drug-likeness (QED) is 0.357. The highest BCUT2D eigenvalue weighted by atomic mass is 16.6. The third-order valence-electron chi connectivity index (χ3n) is 6.98. The summed E-state index contributed by atoms with van der Waals surface area (Å²) in [4.78, 5) is 41.8. The zero-order valence-electron chi connectivity index (χ0n) is 21.4. The summed E-state index contributed by atoms with van der Waals surface area (Å²) < 4.78 is 7.73. The first-order valence-corrected chi connectivity index (χ1v) is 12.7. The van der Waals surface area contributed by atoms with Gasteiger partial charge in [0, 0.05) is 36.1 Å². The van der Waals surface area contributed by atoms with Crippen LogP contribution in [0.25, 0.3) is 10.9 Å². The molecule has 1 unspecified atom stereocenters. The second-order valence-corrected chi connectivity index (χ2v) is 10.7. The third-order valence-corrected chi connectivity index (χ3v) is 6.98. The van der Waals surface area contributed by atoms with Gasteiger partial charge in [0.05, 0.1) is 12.1 Å². The molecule has 2 aromatic carbocycles. The highest BCUT2D eigenvalue weighted by Gasteiger charge is 2.48. The highest BCUT2D eigenvalue weighted by molar-refractivity contribution is 6.05. The number of para-hydroxylation sites is 1. The molecule has 0 aliphatic carbocycles. The fourth-order valence-electron chi connectivity index (χ4n) is 5.23. The summed E-state index contributed by atoms with van der Waals surface area (Å²) >= 11 is 0. The molecular weight excluding hydrogens is 454 g/mol. The predicted octanol–water partition coefficient (Wildman–Crippen LogP) is 5.13. The Bertz CT molecular complexity index is 1330. The summed E-state index contributed by atoms with van der Waals surface area (Å²) in [6.07, 6.45) is 2.29. The molecule has 3 amide bonds. The van der Waals surface area contributed by atoms with E-state index in [1.54, 1.807) is 17.0 Å². The minimum Gasteiger partial charge on any atom is -0.456 e. The molecule has 3 aromatic rings. The van der Waals surface area contributed by atoms with Gasteiger partial charge >= 0.3 is 12.0 Å². The normalized spacial score (nSPS) is 17.5. The zero-order valence-corrected chi connectivity index (χ0v) is 21.4. The van der Waals surface area contributed by atoms with Crippen LogP contribution in [0.3, 0.4) is 0 Å². The number of ether oxygens (including phenoxy) is 1. The molecule has 2 aliphatic heterocycles. The van der Waals surface area contributed by atoms with Crippen LogP contribution in [-0.2, 0) is 29.0 Å². The number of fused-ring (bicyclic) bond motifs is 4. The number of hydrogen-bond donors (Lipinski definition) is 0. The van der Waals surface area contributed by atoms with Crippen molar-refractivity contribution in [2.75, 3.05) is 6.54 Å². The number of benzene rings is 2. The zero-order chi connectivity index (χ0) is 25.6. The van der Waals surface area contributed by atoms with Crippen LogP contribution in [0, 0.1) is 0 Å². The Morgan fingerprint density at radius 3 is 2.47 bits per heavy atom. The molecule has 1 fully saturated rings. The van der Waals surface area contributed by atoms with Crippen molar-refractivity contribution in [1.29, 1.82) is 0 Å². The lowest BCUT2D eigenvalue weighted by atomic mass is 9.97. The largest absolute Gasteiger partial charge is 0.456 e. The van der Waals surface area contributed by atoms with Gasteiger partial charge in [-0.05, 0) is 56.5 Å². The summed E-state index contributed by atoms with van der Waals surface area (Å²) in [6.45, 7) is 9.12. The molecule has 1 saturated heterocycles. The second-order valence-electron chi connectivity index (χ2n) is 10.7. The number of urea groups is 1. The first-order valence-electron chi connectivity index (χ1n) is 12.7. The van der Waals surface area contributed by atoms with Gasteiger partial charge in [-0.25, -0.2) is 9.59 Å². The van der Waals surface area contributed by atoms with Crippen LogP contribution in [0.2, 0.25) is 0 Å². The lowest BCUT2D eigenvalue weighted by Gasteiger charge is -2.28. The van der Waals surface area contributed by atoms with Gasteiger partial charge in [0.2, 0.25) is 0 Å². The number of rotatable bonds is 6. The number of unbranched alkanes of at least 4 members (excludes halogenated alkanes) is 1. The van der Waals surface area contributed by atoms with Crippen LogP contribution < -0.4 is 0 Å². The van der Waals surface area contributed by atoms with Crippen molar-refractivity contribution in [2.24, 2.45) is 0 Å². The fraction of sp³-hybridized carbons (Fsp3) is 0.414. The van der Waals surface area contributed by atoms with E-state index in [4.69, 9.17) is 4.74 Å². The van der Waals surface area contributed by atoms with Gasteiger partial charge in [-0.3, -0.25) is 9.69 Å². The van der Waals surface area contributed by atoms with Gasteiger partial charge in [0.25, 0.3) is 5.91 Å². The van der Waals surface area contributed by atoms with Crippen molar-refractivity contribution in [3.05, 3.63) is 70.9 Å². The van der Waals surface area contributed by atoms with Crippen molar-refractivity contribution in [3.8, 4) is 0 Å². The van der Waals surface area contributed by atoms with Crippen molar-refractivity contribution < 1.29 is 19.1 Å². The van der Waals surface area contributed by atoms with E-state index in [0.29, 0.717) is 31.6 Å². The smallest absolute Gasteiger partial charge is 0.338 e. The maximum absolute atomic E-state index is 13.1. The number of nitrogens with zero attached hydrogens (tertiary/aromatic N) is 3. The lowest BCUT2D eigenvalue weighted by Crippen LogP contribution is -2.40. The van der Waals surface area contributed by atoms with E-state index < -0.39 is 11.6 Å². The van der Waals surface area contributed by atoms with Crippen LogP contribution in [0.1, 0.15) is 67.7 Å². The van der Waals surface area contributed by atoms with Crippen molar-refractivity contribution in [1.82, 2.24) is 14.4 Å². The fourth-order valence-corrected chi connectivity index (χ4v) is 5.23. The standard InChI is InChI=1S/C29H33N3O4/c1-5-6-15-30-26(33)24-16-22-21-9-7-8-10-23(21)31(25(22)18-32(24)28(30)35)17-19-11-13-20(14-12-19)27(34)36-29(2,3)4/h7-14,24H,5-6,15-18H2,1-4H3. The number of imide groups is 1. The molecule has 188 valence electrons. The molecule has 0 bridgehead atoms. The molecule has 7 nitrogen and oxygen atoms in total. The van der Waals surface area contributed by atoms with Crippen LogP contribution in [-0.4, -0.2) is 50.5 Å². The Hall–Kier alpha value is -3.61. The molecule has 0 saturated carbocycles. The molecule has 7 heteroatoms. The molecule has 1 atom stereocenters. The summed E-state index contributed by atoms with van der Waals surface area (Å²) in [5, 5.41) is 1.13. The Kier molecular flexibility index (Phi) is 6.10. The Labute approximate surface area is 211 Å². The topological polar surface area (TPSA) is 71.9 Å². The molecule has 36 heavy (non-hydrogen) atoms. The Morgan fingerprint density at radius 1 is 1.06 bits per heavy atom. The average molecular weight is 488 g/mol. The Balaban J connectivity index is 1.45. The van der Waals surface area contributed by atoms with Gasteiger partial charge < -0.3 is 14.2 Å². The minimum atomic E-state index is -0.544. The Morgan fingerprint density at radius 2 is 1.78 bits per heavy atom. The van der Waals surface area contributed by atoms with E-state index in [1.807, 2.05) is 45.0 Å². The van der Waals surface area contributed by atoms with Gasteiger partial charge in [-0.1, -0.05) is 43.7 Å². The van der Waals surface area contributed by atoms with Gasteiger partial charge in [0.15, 0.2) is 0 Å². The molecule has 2 aliphatic rings. The maximum Gasteiger partial charge on any atom is 0.338 e. The van der Waals surface area contributed by atoms with E-state index in [1.165, 1.54) is 4.90 Å². The summed E-state index contributed by atoms with van der Waals surface area (Å²) in [5.74, 6) is -0.414. The van der Waals surface area contributed by atoms with E-state index >= 15 is 0 Å². The number of esters is 1. The van der Waals surface area contributed by atoms with E-state index in [-0.39, 0.29) is 17.9 Å². The lowest BCUT2D eigenvalue weighted by molar-refractivity contribution is -0.128. The molecule has 1 aromatic heterocycles. The number of amides is 3. The molecule has 0 spiro atoms. The first-order chi connectivity index (χ1) is 17.2. The number of hydrogen-bond acceptors (Lipinski definition) is 4. The predicted molar refractivity (Wildman–Crippen MR) is 138 cm³/mol. The van der Waals surface area contributed by atoms with Crippen molar-refractivity contribution in [3.63, 3.8) is 0 Å². The van der Waals surface area contributed by atoms with Crippen molar-refractivity contribution in [2.45, 2.75) is 71.7 Å². The molecule has 3 heterocycles. The van der Waals surface area contributed by atoms with Gasteiger partial charge in [0.1, 0.15) is 11.6 Å². The van der Waals surface area contributed by atoms with Crippen molar-refractivity contribution >= 4 is 28.8 Å². The van der Waals surface area contributed by atoms with Crippen LogP contribution in [0.4, 0.5) is 4.79 Å². The summed E-state index contributed by atoms with van der Waals surface area (Å²) in [6, 6.07) is 15.1. The monoisotopic (exact) mass is 487 g/mol. The van der Waals surface area contributed by atoms with Gasteiger partial charge in [-0.15, -0.1) is 0 Å². The van der Waals surface area contributed by atoms with Gasteiger partial charge in [-0.2, -0.15) is 0 Å². The van der Waals surface area contributed by atoms with Crippen LogP contribution >= 0.6 is 0 Å². The second kappa shape index (κ2) is 9.12. The molecule has 5 rings (SSSR count). The SMILES string of the molecule is CCCCN1C(=O)C2Cc3c(n(Cc4ccc(C(=O)OC(C)(C)C)cc4)c4ccccc34)CN2C1=O. The number of carbonyl (C=O) groups excluding carboxylic acids is 3. The average Bonchev–Trinajstić information content (AvgIpc) is 3.27. The first kappa shape index (κ1) is 24.1. The maximum atomic E-state index is 13.1. The van der Waals surface area contributed by atoms with Crippen LogP contribution in [0.15, 0.2) is 48.5 Å². The van der Waals surface area contributed by atoms with Crippen LogP contribution in [0.5, 0.6) is 0 Å². The third kappa shape index (κ3) is 4.27. The molecular formula is C29H33N3O4. The summed E-state index contributed by atoms with van der Waals surface area (Å²) in [7, 11) is 0. The number of carbonyl (C=O) groups is 3. The minimum absolute atomic E-state index is 0.0753. The molecule has 0 N–H and O–H groups in total. The van der Waals surface area contributed by atoms with E-state index in [0.717, 1.165) is 40.6 Å². The number of aromatic nitrogens is 1.